The van der Waals surface area contributed by atoms with Gasteiger partial charge in [-0.3, -0.25) is 19.8 Å². The van der Waals surface area contributed by atoms with E-state index in [4.69, 9.17) is 10.4 Å². The molecule has 1 aliphatic heterocycles. The first-order chi connectivity index (χ1) is 16.3. The molecular formula is C20H24N10O4. The molecule has 14 heteroatoms. The number of rotatable bonds is 7. The number of nitrogens with one attached hydrogen (secondary N) is 1. The van der Waals surface area contributed by atoms with Crippen molar-refractivity contribution in [3.05, 3.63) is 51.3 Å². The van der Waals surface area contributed by atoms with Crippen molar-refractivity contribution in [2.45, 2.75) is 45.7 Å². The number of nitrogens with two attached hydrogens (primary N) is 1. The number of likely N-dealkylation sites (tertiary alicyclic amines) is 1. The maximum Gasteiger partial charge on any atom is 0.293 e. The minimum atomic E-state index is -0.592. The van der Waals surface area contributed by atoms with Crippen LogP contribution in [0, 0.1) is 10.1 Å². The molecule has 4 rings (SSSR count). The summed E-state index contributed by atoms with van der Waals surface area (Å²) >= 11 is 0. The van der Waals surface area contributed by atoms with Gasteiger partial charge in [-0.2, -0.15) is 9.78 Å². The van der Waals surface area contributed by atoms with Gasteiger partial charge in [0.2, 0.25) is 11.6 Å². The lowest BCUT2D eigenvalue weighted by molar-refractivity contribution is -0.384. The van der Waals surface area contributed by atoms with E-state index in [0.717, 1.165) is 25.8 Å². The molecule has 3 N–H and O–H groups in total. The number of piperidine rings is 1. The molecule has 0 radical (unpaired) electrons. The summed E-state index contributed by atoms with van der Waals surface area (Å²) in [5.41, 5.74) is 9.65. The van der Waals surface area contributed by atoms with E-state index in [1.165, 1.54) is 16.8 Å². The number of hydrazone groups is 1. The Labute approximate surface area is 193 Å². The zero-order valence-corrected chi connectivity index (χ0v) is 18.7. The van der Waals surface area contributed by atoms with Gasteiger partial charge in [-0.15, -0.1) is 5.10 Å². The molecule has 14 nitrogen and oxygen atoms in total. The summed E-state index contributed by atoms with van der Waals surface area (Å²) in [6.07, 6.45) is 3.24. The van der Waals surface area contributed by atoms with E-state index in [2.05, 4.69) is 43.0 Å². The Morgan fingerprint density at radius 3 is 2.91 bits per heavy atom. The average Bonchev–Trinajstić information content (AvgIpc) is 3.44. The number of nitro groups is 1. The topological polar surface area (TPSA) is 183 Å². The fourth-order valence-electron chi connectivity index (χ4n) is 3.81. The lowest BCUT2D eigenvalue weighted by Gasteiger charge is -2.33. The van der Waals surface area contributed by atoms with E-state index >= 15 is 0 Å². The van der Waals surface area contributed by atoms with Crippen LogP contribution >= 0.6 is 0 Å². The first kappa shape index (κ1) is 23.0. The SMILES string of the molecule is CC(=NNC(=O)c1nnn(-c2nonc2N)c1CN1CCCCC1C)c1cccc([N+](=O)[O-])c1. The number of amides is 1. The summed E-state index contributed by atoms with van der Waals surface area (Å²) in [5, 5.41) is 30.6. The molecule has 2 aromatic heterocycles. The Morgan fingerprint density at radius 1 is 1.38 bits per heavy atom. The molecule has 1 unspecified atom stereocenters. The van der Waals surface area contributed by atoms with Crippen molar-refractivity contribution in [3.63, 3.8) is 0 Å². The maximum absolute atomic E-state index is 13.0. The number of non-ortho nitro benzene ring substituents is 1. The van der Waals surface area contributed by atoms with Crippen LogP contribution in [0.2, 0.25) is 0 Å². The van der Waals surface area contributed by atoms with Crippen LogP contribution in [-0.2, 0) is 6.54 Å². The number of anilines is 1. The molecule has 1 atom stereocenters. The van der Waals surface area contributed by atoms with Crippen LogP contribution in [0.15, 0.2) is 34.0 Å². The van der Waals surface area contributed by atoms with Gasteiger partial charge in [0.1, 0.15) is 0 Å². The molecule has 1 saturated heterocycles. The third-order valence-corrected chi connectivity index (χ3v) is 5.77. The van der Waals surface area contributed by atoms with E-state index in [-0.39, 0.29) is 23.0 Å². The number of carbonyl (C=O) groups excluding carboxylic acids is 1. The maximum atomic E-state index is 13.0. The summed E-state index contributed by atoms with van der Waals surface area (Å²) in [6.45, 7) is 5.01. The van der Waals surface area contributed by atoms with Crippen molar-refractivity contribution in [1.82, 2.24) is 35.6 Å². The highest BCUT2D eigenvalue weighted by Crippen LogP contribution is 2.23. The van der Waals surface area contributed by atoms with E-state index in [1.807, 2.05) is 0 Å². The zero-order valence-electron chi connectivity index (χ0n) is 18.7. The van der Waals surface area contributed by atoms with Gasteiger partial charge >= 0.3 is 0 Å². The number of hydrogen-bond acceptors (Lipinski definition) is 11. The molecule has 3 heterocycles. The number of benzene rings is 1. The zero-order chi connectivity index (χ0) is 24.2. The molecule has 1 amide bonds. The first-order valence-electron chi connectivity index (χ1n) is 10.7. The second-order valence-electron chi connectivity index (χ2n) is 8.03. The molecule has 0 aliphatic carbocycles. The summed E-state index contributed by atoms with van der Waals surface area (Å²) < 4.78 is 6.04. The number of nitro benzene ring substituents is 1. The fourth-order valence-corrected chi connectivity index (χ4v) is 3.81. The Bertz CT molecular complexity index is 1230. The van der Waals surface area contributed by atoms with Gasteiger partial charge in [-0.05, 0) is 43.5 Å². The summed E-state index contributed by atoms with van der Waals surface area (Å²) in [6, 6.07) is 6.29. The summed E-state index contributed by atoms with van der Waals surface area (Å²) in [4.78, 5) is 25.8. The Morgan fingerprint density at radius 2 is 2.21 bits per heavy atom. The van der Waals surface area contributed by atoms with Crippen LogP contribution in [-0.4, -0.2) is 59.3 Å². The predicted molar refractivity (Wildman–Crippen MR) is 120 cm³/mol. The molecule has 3 aromatic rings. The van der Waals surface area contributed by atoms with Crippen LogP contribution in [0.4, 0.5) is 11.5 Å². The van der Waals surface area contributed by atoms with Crippen LogP contribution in [0.25, 0.3) is 5.82 Å². The number of hydrogen-bond donors (Lipinski definition) is 2. The van der Waals surface area contributed by atoms with Gasteiger partial charge in [-0.1, -0.05) is 23.8 Å². The fraction of sp³-hybridized carbons (Fsp3) is 0.400. The summed E-state index contributed by atoms with van der Waals surface area (Å²) in [5.74, 6) is -0.433. The van der Waals surface area contributed by atoms with Crippen LogP contribution in [0.3, 0.4) is 0 Å². The van der Waals surface area contributed by atoms with Gasteiger partial charge in [0.25, 0.3) is 11.6 Å². The largest absolute Gasteiger partial charge is 0.378 e. The van der Waals surface area contributed by atoms with Gasteiger partial charge < -0.3 is 5.73 Å². The Balaban J connectivity index is 1.61. The van der Waals surface area contributed by atoms with Crippen molar-refractivity contribution in [1.29, 1.82) is 0 Å². The van der Waals surface area contributed by atoms with Crippen LogP contribution in [0.1, 0.15) is 54.9 Å². The van der Waals surface area contributed by atoms with E-state index in [0.29, 0.717) is 29.6 Å². The van der Waals surface area contributed by atoms with Crippen LogP contribution in [0.5, 0.6) is 0 Å². The molecule has 178 valence electrons. The second kappa shape index (κ2) is 9.74. The number of aromatic nitrogens is 5. The van der Waals surface area contributed by atoms with E-state index in [9.17, 15) is 14.9 Å². The number of nitrogen functional groups attached to an aromatic ring is 1. The molecule has 1 aliphatic rings. The minimum Gasteiger partial charge on any atom is -0.378 e. The smallest absolute Gasteiger partial charge is 0.293 e. The highest BCUT2D eigenvalue weighted by Gasteiger charge is 2.28. The molecule has 34 heavy (non-hydrogen) atoms. The number of carbonyl (C=O) groups is 1. The van der Waals surface area contributed by atoms with Gasteiger partial charge in [-0.25, -0.2) is 10.1 Å². The third-order valence-electron chi connectivity index (χ3n) is 5.77. The van der Waals surface area contributed by atoms with Crippen molar-refractivity contribution in [2.24, 2.45) is 5.10 Å². The lowest BCUT2D eigenvalue weighted by atomic mass is 10.0. The average molecular weight is 468 g/mol. The Kier molecular flexibility index (Phi) is 6.58. The highest BCUT2D eigenvalue weighted by atomic mass is 16.6. The third kappa shape index (κ3) is 4.76. The van der Waals surface area contributed by atoms with E-state index < -0.39 is 10.8 Å². The quantitative estimate of drug-likeness (QED) is 0.294. The molecule has 0 bridgehead atoms. The monoisotopic (exact) mass is 468 g/mol. The lowest BCUT2D eigenvalue weighted by Crippen LogP contribution is -2.38. The Hall–Kier alpha value is -4.20. The van der Waals surface area contributed by atoms with E-state index in [1.54, 1.807) is 19.1 Å². The van der Waals surface area contributed by atoms with Gasteiger partial charge in [0.15, 0.2) is 5.69 Å². The number of nitrogens with zero attached hydrogens (tertiary/aromatic N) is 8. The normalized spacial score (nSPS) is 17.0. The van der Waals surface area contributed by atoms with Crippen molar-refractivity contribution < 1.29 is 14.3 Å². The minimum absolute atomic E-state index is 0.0179. The van der Waals surface area contributed by atoms with Crippen LogP contribution < -0.4 is 11.2 Å². The molecule has 1 aromatic carbocycles. The molecule has 1 fully saturated rings. The van der Waals surface area contributed by atoms with Gasteiger partial charge in [0, 0.05) is 30.3 Å². The highest BCUT2D eigenvalue weighted by molar-refractivity contribution is 6.01. The molecular weight excluding hydrogens is 444 g/mol. The second-order valence-corrected chi connectivity index (χ2v) is 8.03. The van der Waals surface area contributed by atoms with Crippen molar-refractivity contribution in [2.75, 3.05) is 12.3 Å². The molecule has 0 saturated carbocycles. The predicted octanol–water partition coefficient (Wildman–Crippen LogP) is 1.67. The van der Waals surface area contributed by atoms with Gasteiger partial charge in [0.05, 0.1) is 16.3 Å². The van der Waals surface area contributed by atoms with Crippen molar-refractivity contribution in [3.8, 4) is 5.82 Å². The summed E-state index contributed by atoms with van der Waals surface area (Å²) in [7, 11) is 0. The standard InChI is InChI=1S/C20H24N10O4/c1-12-6-3-4-9-28(12)11-16-17(23-27-29(16)19-18(21)25-34-26-19)20(31)24-22-13(2)14-7-5-8-15(10-14)30(32)33/h5,7-8,10,12H,3-4,6,9,11H2,1-2H3,(H2,21,25)(H,24,31). The molecule has 0 spiro atoms. The first-order valence-corrected chi connectivity index (χ1v) is 10.7. The van der Waals surface area contributed by atoms with Crippen molar-refractivity contribution >= 4 is 23.1 Å².